The Hall–Kier alpha value is -0.670. The number of benzene rings is 1. The predicted molar refractivity (Wildman–Crippen MR) is 64.9 cm³/mol. The van der Waals surface area contributed by atoms with E-state index in [0.717, 1.165) is 24.5 Å². The Kier molecular flexibility index (Phi) is 4.84. The van der Waals surface area contributed by atoms with Gasteiger partial charge in [0, 0.05) is 22.9 Å². The molecule has 14 heavy (non-hydrogen) atoms. The number of anilines is 1. The number of hydrogen-bond acceptors (Lipinski definition) is 3. The number of aryl methyl sites for hydroxylation is 1. The van der Waals surface area contributed by atoms with Crippen LogP contribution >= 0.6 is 11.8 Å². The van der Waals surface area contributed by atoms with Crippen molar-refractivity contribution in [2.75, 3.05) is 24.6 Å². The van der Waals surface area contributed by atoms with Gasteiger partial charge in [-0.2, -0.15) is 0 Å². The highest BCUT2D eigenvalue weighted by molar-refractivity contribution is 7.99. The van der Waals surface area contributed by atoms with Gasteiger partial charge in [-0.15, -0.1) is 11.8 Å². The van der Waals surface area contributed by atoms with Crippen molar-refractivity contribution in [1.29, 1.82) is 0 Å². The lowest BCUT2D eigenvalue weighted by Crippen LogP contribution is -2.15. The molecule has 0 aromatic heterocycles. The normalized spacial score (nSPS) is 10.4. The number of nitrogen functional groups attached to an aromatic ring is 1. The molecule has 0 fully saturated rings. The van der Waals surface area contributed by atoms with Crippen LogP contribution in [-0.4, -0.2) is 18.8 Å². The van der Waals surface area contributed by atoms with Crippen LogP contribution in [0.15, 0.2) is 23.1 Å². The Morgan fingerprint density at radius 2 is 2.21 bits per heavy atom. The van der Waals surface area contributed by atoms with Gasteiger partial charge in [-0.3, -0.25) is 0 Å². The first-order valence-corrected chi connectivity index (χ1v) is 5.92. The average Bonchev–Trinajstić information content (AvgIpc) is 2.18. The molecule has 0 amide bonds. The van der Waals surface area contributed by atoms with E-state index < -0.39 is 0 Å². The highest BCUT2D eigenvalue weighted by atomic mass is 32.2. The maximum atomic E-state index is 5.73. The van der Waals surface area contributed by atoms with Crippen LogP contribution in [0.5, 0.6) is 0 Å². The molecule has 0 aliphatic carbocycles. The van der Waals surface area contributed by atoms with E-state index in [2.05, 4.69) is 25.2 Å². The monoisotopic (exact) mass is 210 g/mol. The van der Waals surface area contributed by atoms with E-state index in [9.17, 15) is 0 Å². The summed E-state index contributed by atoms with van der Waals surface area (Å²) in [5.74, 6) is 1.10. The molecule has 0 bridgehead atoms. The zero-order valence-corrected chi connectivity index (χ0v) is 9.66. The molecule has 1 aromatic rings. The van der Waals surface area contributed by atoms with E-state index in [4.69, 9.17) is 5.73 Å². The van der Waals surface area contributed by atoms with Crippen LogP contribution < -0.4 is 11.1 Å². The van der Waals surface area contributed by atoms with Crippen LogP contribution in [0.4, 0.5) is 5.69 Å². The summed E-state index contributed by atoms with van der Waals surface area (Å²) in [6.07, 6.45) is 0. The smallest absolute Gasteiger partial charge is 0.0325 e. The van der Waals surface area contributed by atoms with Crippen LogP contribution in [0.1, 0.15) is 12.5 Å². The number of rotatable bonds is 5. The quantitative estimate of drug-likeness (QED) is 0.445. The van der Waals surface area contributed by atoms with Gasteiger partial charge in [-0.05, 0) is 31.2 Å². The molecule has 0 aliphatic rings. The van der Waals surface area contributed by atoms with E-state index in [1.807, 2.05) is 23.9 Å². The van der Waals surface area contributed by atoms with Crippen LogP contribution in [-0.2, 0) is 0 Å². The molecule has 3 N–H and O–H groups in total. The third-order valence-corrected chi connectivity index (χ3v) is 3.16. The second-order valence-corrected chi connectivity index (χ2v) is 4.36. The van der Waals surface area contributed by atoms with Crippen LogP contribution in [0.2, 0.25) is 0 Å². The van der Waals surface area contributed by atoms with Crippen molar-refractivity contribution in [3.8, 4) is 0 Å². The maximum Gasteiger partial charge on any atom is 0.0325 e. The lowest BCUT2D eigenvalue weighted by molar-refractivity contribution is 0.768. The zero-order chi connectivity index (χ0) is 10.4. The minimum atomic E-state index is 0.849. The first kappa shape index (κ1) is 11.4. The van der Waals surface area contributed by atoms with Gasteiger partial charge in [0.1, 0.15) is 0 Å². The van der Waals surface area contributed by atoms with Crippen molar-refractivity contribution in [2.24, 2.45) is 0 Å². The Bertz CT molecular complexity index is 287. The van der Waals surface area contributed by atoms with E-state index in [1.54, 1.807) is 0 Å². The van der Waals surface area contributed by atoms with E-state index >= 15 is 0 Å². The summed E-state index contributed by atoms with van der Waals surface area (Å²) in [5.41, 5.74) is 7.88. The van der Waals surface area contributed by atoms with Crippen molar-refractivity contribution in [1.82, 2.24) is 5.32 Å². The molecular weight excluding hydrogens is 192 g/mol. The molecule has 0 saturated heterocycles. The SMILES string of the molecule is CCNCCSc1cc(N)ccc1C. The van der Waals surface area contributed by atoms with Crippen molar-refractivity contribution in [3.63, 3.8) is 0 Å². The molecule has 0 aliphatic heterocycles. The van der Waals surface area contributed by atoms with Crippen LogP contribution in [0, 0.1) is 6.92 Å². The summed E-state index contributed by atoms with van der Waals surface area (Å²) >= 11 is 1.86. The molecule has 0 spiro atoms. The second-order valence-electron chi connectivity index (χ2n) is 3.23. The minimum Gasteiger partial charge on any atom is -0.399 e. The summed E-state index contributed by atoms with van der Waals surface area (Å²) in [6.45, 7) is 6.33. The van der Waals surface area contributed by atoms with Crippen LogP contribution in [0.3, 0.4) is 0 Å². The molecule has 2 nitrogen and oxygen atoms in total. The Morgan fingerprint density at radius 1 is 1.43 bits per heavy atom. The highest BCUT2D eigenvalue weighted by Crippen LogP contribution is 2.23. The molecular formula is C11H18N2S. The molecule has 0 heterocycles. The number of nitrogens with one attached hydrogen (secondary N) is 1. The Morgan fingerprint density at radius 3 is 2.93 bits per heavy atom. The van der Waals surface area contributed by atoms with Gasteiger partial charge in [0.05, 0.1) is 0 Å². The van der Waals surface area contributed by atoms with Gasteiger partial charge >= 0.3 is 0 Å². The first-order chi connectivity index (χ1) is 6.74. The van der Waals surface area contributed by atoms with E-state index in [-0.39, 0.29) is 0 Å². The van der Waals surface area contributed by atoms with Crippen LogP contribution in [0.25, 0.3) is 0 Å². The molecule has 0 atom stereocenters. The van der Waals surface area contributed by atoms with E-state index in [0.29, 0.717) is 0 Å². The van der Waals surface area contributed by atoms with Gasteiger partial charge < -0.3 is 11.1 Å². The topological polar surface area (TPSA) is 38.0 Å². The van der Waals surface area contributed by atoms with Crippen molar-refractivity contribution >= 4 is 17.4 Å². The molecule has 3 heteroatoms. The molecule has 0 radical (unpaired) electrons. The molecule has 0 saturated carbocycles. The highest BCUT2D eigenvalue weighted by Gasteiger charge is 1.98. The van der Waals surface area contributed by atoms with Crippen molar-refractivity contribution in [2.45, 2.75) is 18.7 Å². The largest absolute Gasteiger partial charge is 0.399 e. The standard InChI is InChI=1S/C11H18N2S/c1-3-13-6-7-14-11-8-10(12)5-4-9(11)2/h4-5,8,13H,3,6-7,12H2,1-2H3. The molecule has 78 valence electrons. The summed E-state index contributed by atoms with van der Waals surface area (Å²) in [5, 5.41) is 3.30. The second kappa shape index (κ2) is 5.94. The summed E-state index contributed by atoms with van der Waals surface area (Å²) in [7, 11) is 0. The number of thioether (sulfide) groups is 1. The summed E-state index contributed by atoms with van der Waals surface area (Å²) in [6, 6.07) is 6.07. The lowest BCUT2D eigenvalue weighted by Gasteiger charge is -2.06. The van der Waals surface area contributed by atoms with Gasteiger partial charge in [-0.25, -0.2) is 0 Å². The number of hydrogen-bond donors (Lipinski definition) is 2. The zero-order valence-electron chi connectivity index (χ0n) is 8.84. The molecule has 1 aromatic carbocycles. The average molecular weight is 210 g/mol. The maximum absolute atomic E-state index is 5.73. The first-order valence-electron chi connectivity index (χ1n) is 4.93. The fraction of sp³-hybridized carbons (Fsp3) is 0.455. The van der Waals surface area contributed by atoms with Gasteiger partial charge in [0.2, 0.25) is 0 Å². The minimum absolute atomic E-state index is 0.849. The predicted octanol–water partition coefficient (Wildman–Crippen LogP) is 2.28. The Labute approximate surface area is 90.3 Å². The summed E-state index contributed by atoms with van der Waals surface area (Å²) < 4.78 is 0. The van der Waals surface area contributed by atoms with E-state index in [1.165, 1.54) is 10.5 Å². The fourth-order valence-corrected chi connectivity index (χ4v) is 2.16. The van der Waals surface area contributed by atoms with Gasteiger partial charge in [-0.1, -0.05) is 13.0 Å². The molecule has 0 unspecified atom stereocenters. The third-order valence-electron chi connectivity index (χ3n) is 2.00. The fourth-order valence-electron chi connectivity index (χ4n) is 1.18. The van der Waals surface area contributed by atoms with Gasteiger partial charge in [0.25, 0.3) is 0 Å². The molecule has 1 rings (SSSR count). The third kappa shape index (κ3) is 3.60. The van der Waals surface area contributed by atoms with Crippen molar-refractivity contribution < 1.29 is 0 Å². The van der Waals surface area contributed by atoms with Gasteiger partial charge in [0.15, 0.2) is 0 Å². The Balaban J connectivity index is 2.45. The lowest BCUT2D eigenvalue weighted by atomic mass is 10.2. The summed E-state index contributed by atoms with van der Waals surface area (Å²) in [4.78, 5) is 1.29. The van der Waals surface area contributed by atoms with Crippen molar-refractivity contribution in [3.05, 3.63) is 23.8 Å². The number of nitrogens with two attached hydrogens (primary N) is 1.